The maximum absolute atomic E-state index is 13.6. The molecule has 0 amide bonds. The largest absolute Gasteiger partial charge is 0.389 e. The van der Waals surface area contributed by atoms with Gasteiger partial charge in [0.2, 0.25) is 0 Å². The van der Waals surface area contributed by atoms with Crippen molar-refractivity contribution >= 4 is 7.60 Å². The van der Waals surface area contributed by atoms with Crippen molar-refractivity contribution in [3.8, 4) is 0 Å². The van der Waals surface area contributed by atoms with Gasteiger partial charge in [-0.25, -0.2) is 0 Å². The maximum Gasteiger partial charge on any atom is 0.340 e. The summed E-state index contributed by atoms with van der Waals surface area (Å²) in [6.45, 7) is 10.2. The molecule has 1 atom stereocenters. The average molecular weight is 356 g/mol. The molecule has 0 saturated carbocycles. The lowest BCUT2D eigenvalue weighted by Gasteiger charge is -2.39. The molecule has 4 nitrogen and oxygen atoms in total. The van der Waals surface area contributed by atoms with Crippen molar-refractivity contribution in [3.63, 3.8) is 0 Å². The predicted octanol–water partition coefficient (Wildman–Crippen LogP) is 5.63. The van der Waals surface area contributed by atoms with E-state index in [0.717, 1.165) is 24.0 Å². The van der Waals surface area contributed by atoms with Crippen molar-refractivity contribution in [2.24, 2.45) is 0 Å². The molecule has 1 N–H and O–H groups in total. The molecule has 1 rings (SSSR count). The van der Waals surface area contributed by atoms with Gasteiger partial charge in [-0.2, -0.15) is 0 Å². The van der Waals surface area contributed by atoms with Gasteiger partial charge < -0.3 is 14.2 Å². The molecule has 0 saturated heterocycles. The van der Waals surface area contributed by atoms with Crippen LogP contribution in [0.1, 0.15) is 70.2 Å². The first kappa shape index (κ1) is 21.4. The van der Waals surface area contributed by atoms with Crippen molar-refractivity contribution in [1.29, 1.82) is 0 Å². The lowest BCUT2D eigenvalue weighted by atomic mass is 9.85. The van der Waals surface area contributed by atoms with Gasteiger partial charge in [-0.3, -0.25) is 4.57 Å². The monoisotopic (exact) mass is 356 g/mol. The quantitative estimate of drug-likeness (QED) is 0.522. The molecule has 0 radical (unpaired) electrons. The van der Waals surface area contributed by atoms with Crippen LogP contribution in [-0.4, -0.2) is 23.9 Å². The summed E-state index contributed by atoms with van der Waals surface area (Å²) in [6, 6.07) is 7.81. The molecule has 0 spiro atoms. The second kappa shape index (κ2) is 9.72. The normalized spacial score (nSPS) is 13.9. The van der Waals surface area contributed by atoms with Crippen LogP contribution in [0.5, 0.6) is 0 Å². The van der Waals surface area contributed by atoms with Gasteiger partial charge in [0.15, 0.2) is 0 Å². The number of aliphatic hydroxyl groups is 1. The Balaban J connectivity index is 3.52. The topological polar surface area (TPSA) is 55.8 Å². The third kappa shape index (κ3) is 5.16. The van der Waals surface area contributed by atoms with Gasteiger partial charge in [-0.1, -0.05) is 56.5 Å². The second-order valence-corrected chi connectivity index (χ2v) is 8.41. The van der Waals surface area contributed by atoms with Crippen LogP contribution in [0.2, 0.25) is 0 Å². The van der Waals surface area contributed by atoms with Crippen molar-refractivity contribution in [3.05, 3.63) is 35.4 Å². The third-order valence-corrected chi connectivity index (χ3v) is 6.81. The zero-order chi connectivity index (χ0) is 18.2. The molecule has 0 bridgehead atoms. The highest BCUT2D eigenvalue weighted by atomic mass is 31.2. The van der Waals surface area contributed by atoms with Crippen LogP contribution >= 0.6 is 7.60 Å². The Bertz CT molecular complexity index is 528. The SMILES string of the molecule is CCCC(O)(CCC)C(c1cccc(C)c1)P(=O)(OCC)OCC. The fraction of sp³-hybridized carbons (Fsp3) is 0.684. The van der Waals surface area contributed by atoms with E-state index < -0.39 is 18.9 Å². The minimum Gasteiger partial charge on any atom is -0.389 e. The van der Waals surface area contributed by atoms with Crippen LogP contribution in [0.3, 0.4) is 0 Å². The molecule has 0 aromatic heterocycles. The van der Waals surface area contributed by atoms with Crippen LogP contribution < -0.4 is 0 Å². The van der Waals surface area contributed by atoms with Crippen molar-refractivity contribution in [1.82, 2.24) is 0 Å². The molecule has 0 fully saturated rings. The first-order valence-corrected chi connectivity index (χ1v) is 10.7. The first-order chi connectivity index (χ1) is 11.4. The van der Waals surface area contributed by atoms with E-state index in [2.05, 4.69) is 0 Å². The maximum atomic E-state index is 13.6. The fourth-order valence-electron chi connectivity index (χ4n) is 3.44. The summed E-state index contributed by atoms with van der Waals surface area (Å²) in [5.41, 5.74) is 0.0960. The summed E-state index contributed by atoms with van der Waals surface area (Å²) in [4.78, 5) is 0. The molecule has 5 heteroatoms. The van der Waals surface area contributed by atoms with E-state index in [1.54, 1.807) is 13.8 Å². The van der Waals surface area contributed by atoms with Gasteiger partial charge >= 0.3 is 7.60 Å². The molecule has 0 aliphatic heterocycles. The lowest BCUT2D eigenvalue weighted by molar-refractivity contribution is 0.00600. The van der Waals surface area contributed by atoms with Gasteiger partial charge in [0, 0.05) is 0 Å². The first-order valence-electron chi connectivity index (χ1n) is 9.04. The van der Waals surface area contributed by atoms with E-state index in [1.807, 2.05) is 45.0 Å². The third-order valence-electron chi connectivity index (χ3n) is 4.17. The second-order valence-electron chi connectivity index (χ2n) is 6.30. The molecular weight excluding hydrogens is 323 g/mol. The predicted molar refractivity (Wildman–Crippen MR) is 99.5 cm³/mol. The smallest absolute Gasteiger partial charge is 0.340 e. The Labute approximate surface area is 147 Å². The molecule has 0 aliphatic carbocycles. The zero-order valence-corrected chi connectivity index (χ0v) is 16.6. The summed E-state index contributed by atoms with van der Waals surface area (Å²) < 4.78 is 24.9. The Morgan fingerprint density at radius 3 is 2.04 bits per heavy atom. The van der Waals surface area contributed by atoms with Crippen LogP contribution in [0.15, 0.2) is 24.3 Å². The van der Waals surface area contributed by atoms with E-state index in [-0.39, 0.29) is 13.2 Å². The van der Waals surface area contributed by atoms with E-state index >= 15 is 0 Å². The molecule has 138 valence electrons. The van der Waals surface area contributed by atoms with Gasteiger partial charge in [-0.15, -0.1) is 0 Å². The number of hydrogen-bond acceptors (Lipinski definition) is 4. The highest BCUT2D eigenvalue weighted by Crippen LogP contribution is 2.66. The van der Waals surface area contributed by atoms with E-state index in [0.29, 0.717) is 12.8 Å². The van der Waals surface area contributed by atoms with Crippen LogP contribution in [0, 0.1) is 6.92 Å². The van der Waals surface area contributed by atoms with Crippen LogP contribution in [-0.2, 0) is 13.6 Å². The molecule has 0 aliphatic rings. The average Bonchev–Trinajstić information content (AvgIpc) is 2.48. The zero-order valence-electron chi connectivity index (χ0n) is 15.7. The Morgan fingerprint density at radius 1 is 1.08 bits per heavy atom. The van der Waals surface area contributed by atoms with Crippen LogP contribution in [0.4, 0.5) is 0 Å². The van der Waals surface area contributed by atoms with Crippen molar-refractivity contribution in [2.45, 2.75) is 71.6 Å². The molecule has 24 heavy (non-hydrogen) atoms. The van der Waals surface area contributed by atoms with Gasteiger partial charge in [0.25, 0.3) is 0 Å². The van der Waals surface area contributed by atoms with Crippen molar-refractivity contribution in [2.75, 3.05) is 13.2 Å². The van der Waals surface area contributed by atoms with Gasteiger partial charge in [-0.05, 0) is 39.2 Å². The number of rotatable bonds is 11. The Morgan fingerprint density at radius 2 is 1.62 bits per heavy atom. The summed E-state index contributed by atoms with van der Waals surface area (Å²) in [5, 5.41) is 11.5. The van der Waals surface area contributed by atoms with Crippen LogP contribution in [0.25, 0.3) is 0 Å². The molecule has 0 heterocycles. The number of aryl methyl sites for hydroxylation is 1. The Hall–Kier alpha value is -0.670. The fourth-order valence-corrected chi connectivity index (χ4v) is 5.90. The van der Waals surface area contributed by atoms with E-state index in [1.165, 1.54) is 0 Å². The highest BCUT2D eigenvalue weighted by Gasteiger charge is 2.50. The molecule has 1 aromatic carbocycles. The van der Waals surface area contributed by atoms with E-state index in [9.17, 15) is 9.67 Å². The minimum absolute atomic E-state index is 0.286. The molecular formula is C19H33O4P. The van der Waals surface area contributed by atoms with Gasteiger partial charge in [0.05, 0.1) is 18.8 Å². The standard InChI is InChI=1S/C19H33O4P/c1-6-13-19(20,14-7-2)18(17-12-10-11-16(5)15-17)24(21,22-8-3)23-9-4/h10-12,15,18,20H,6-9,13-14H2,1-5H3. The minimum atomic E-state index is -3.50. The Kier molecular flexibility index (Phi) is 8.66. The summed E-state index contributed by atoms with van der Waals surface area (Å²) >= 11 is 0. The summed E-state index contributed by atoms with van der Waals surface area (Å²) in [7, 11) is -3.50. The lowest BCUT2D eigenvalue weighted by Crippen LogP contribution is -2.37. The molecule has 1 aromatic rings. The summed E-state index contributed by atoms with van der Waals surface area (Å²) in [6.07, 6.45) is 2.72. The number of benzene rings is 1. The molecule has 1 unspecified atom stereocenters. The number of hydrogen-bond donors (Lipinski definition) is 1. The van der Waals surface area contributed by atoms with E-state index in [4.69, 9.17) is 9.05 Å². The summed E-state index contributed by atoms with van der Waals surface area (Å²) in [5.74, 6) is 0. The van der Waals surface area contributed by atoms with Crippen molar-refractivity contribution < 1.29 is 18.7 Å². The highest BCUT2D eigenvalue weighted by molar-refractivity contribution is 7.54. The van der Waals surface area contributed by atoms with Gasteiger partial charge in [0.1, 0.15) is 5.66 Å².